The molecule has 3 aliphatic rings. The number of carbonyl (C=O) groups is 1. The highest BCUT2D eigenvalue weighted by atomic mass is 19.3. The number of halogens is 2. The van der Waals surface area contributed by atoms with Crippen LogP contribution in [0.4, 0.5) is 8.78 Å². The lowest BCUT2D eigenvalue weighted by molar-refractivity contribution is -0.133. The number of alkyl halides is 2. The highest BCUT2D eigenvalue weighted by molar-refractivity contribution is 5.82. The van der Waals surface area contributed by atoms with Gasteiger partial charge >= 0.3 is 0 Å². The van der Waals surface area contributed by atoms with Crippen LogP contribution in [0.15, 0.2) is 0 Å². The topological polar surface area (TPSA) is 32.3 Å². The minimum Gasteiger partial charge on any atom is -0.341 e. The molecule has 17 heavy (non-hydrogen) atoms. The summed E-state index contributed by atoms with van der Waals surface area (Å²) in [5, 5.41) is 3.14. The molecular weight excluding hydrogens is 226 g/mol. The van der Waals surface area contributed by atoms with Crippen LogP contribution in [0.25, 0.3) is 0 Å². The van der Waals surface area contributed by atoms with Crippen molar-refractivity contribution in [2.75, 3.05) is 19.6 Å². The Morgan fingerprint density at radius 2 is 2.12 bits per heavy atom. The Labute approximate surface area is 99.5 Å². The first-order valence-electron chi connectivity index (χ1n) is 6.48. The number of hydrogen-bond donors (Lipinski definition) is 1. The number of nitrogens with one attached hydrogen (secondary N) is 1. The molecule has 3 fully saturated rings. The number of rotatable bonds is 1. The molecule has 0 spiro atoms. The summed E-state index contributed by atoms with van der Waals surface area (Å²) in [6.07, 6.45) is 2.43. The van der Waals surface area contributed by atoms with Crippen LogP contribution in [-0.4, -0.2) is 42.4 Å². The quantitative estimate of drug-likeness (QED) is 0.752. The van der Waals surface area contributed by atoms with Crippen molar-refractivity contribution in [3.05, 3.63) is 0 Å². The van der Waals surface area contributed by atoms with Gasteiger partial charge in [-0.05, 0) is 31.7 Å². The third-order valence-corrected chi connectivity index (χ3v) is 4.50. The molecule has 2 heterocycles. The molecule has 0 aromatic rings. The summed E-state index contributed by atoms with van der Waals surface area (Å²) in [6, 6.07) is -0.123. The Balaban J connectivity index is 1.66. The maximum atomic E-state index is 13.6. The van der Waals surface area contributed by atoms with E-state index in [1.807, 2.05) is 0 Å². The summed E-state index contributed by atoms with van der Waals surface area (Å²) in [7, 11) is 0. The standard InChI is InChI=1S/C12H18F2N2O/c13-12(14)4-3-8-6-16(7-9(8)12)11(17)10-2-1-5-15-10/h8-10,15H,1-7H2/t8-,9+,10-/m0/s1. The minimum atomic E-state index is -2.55. The smallest absolute Gasteiger partial charge is 0.252 e. The zero-order chi connectivity index (χ0) is 12.0. The van der Waals surface area contributed by atoms with Crippen LogP contribution in [0.2, 0.25) is 0 Å². The third kappa shape index (κ3) is 1.84. The first-order valence-corrected chi connectivity index (χ1v) is 6.48. The van der Waals surface area contributed by atoms with Crippen LogP contribution < -0.4 is 5.32 Å². The Morgan fingerprint density at radius 1 is 1.29 bits per heavy atom. The van der Waals surface area contributed by atoms with Crippen LogP contribution in [0, 0.1) is 11.8 Å². The number of hydrogen-bond acceptors (Lipinski definition) is 2. The fourth-order valence-corrected chi connectivity index (χ4v) is 3.50. The first-order chi connectivity index (χ1) is 8.08. The second kappa shape index (κ2) is 3.90. The van der Waals surface area contributed by atoms with E-state index in [1.165, 1.54) is 0 Å². The second-order valence-corrected chi connectivity index (χ2v) is 5.56. The monoisotopic (exact) mass is 244 g/mol. The van der Waals surface area contributed by atoms with E-state index in [-0.39, 0.29) is 30.8 Å². The molecule has 3 nitrogen and oxygen atoms in total. The number of amides is 1. The summed E-state index contributed by atoms with van der Waals surface area (Å²) in [5.74, 6) is -3.08. The van der Waals surface area contributed by atoms with Gasteiger partial charge in [0.25, 0.3) is 5.92 Å². The third-order valence-electron chi connectivity index (χ3n) is 4.50. The molecule has 0 bridgehead atoms. The van der Waals surface area contributed by atoms with Crippen molar-refractivity contribution in [3.8, 4) is 0 Å². The highest BCUT2D eigenvalue weighted by Gasteiger charge is 2.55. The largest absolute Gasteiger partial charge is 0.341 e. The van der Waals surface area contributed by atoms with E-state index < -0.39 is 11.8 Å². The van der Waals surface area contributed by atoms with E-state index in [2.05, 4.69) is 5.32 Å². The fraction of sp³-hybridized carbons (Fsp3) is 0.917. The summed E-state index contributed by atoms with van der Waals surface area (Å²) < 4.78 is 27.1. The zero-order valence-electron chi connectivity index (χ0n) is 9.79. The van der Waals surface area contributed by atoms with Crippen LogP contribution in [0.3, 0.4) is 0 Å². The molecule has 0 aromatic heterocycles. The molecular formula is C12H18F2N2O. The molecule has 0 unspecified atom stereocenters. The second-order valence-electron chi connectivity index (χ2n) is 5.56. The lowest BCUT2D eigenvalue weighted by Gasteiger charge is -2.23. The van der Waals surface area contributed by atoms with Crippen LogP contribution >= 0.6 is 0 Å². The lowest BCUT2D eigenvalue weighted by atomic mass is 9.99. The molecule has 1 N–H and O–H groups in total. The summed E-state index contributed by atoms with van der Waals surface area (Å²) in [5.41, 5.74) is 0. The normalized spacial score (nSPS) is 39.6. The fourth-order valence-electron chi connectivity index (χ4n) is 3.50. The van der Waals surface area contributed by atoms with Crippen LogP contribution in [-0.2, 0) is 4.79 Å². The van der Waals surface area contributed by atoms with Gasteiger partial charge in [0.15, 0.2) is 0 Å². The average molecular weight is 244 g/mol. The predicted molar refractivity (Wildman–Crippen MR) is 58.8 cm³/mol. The van der Waals surface area contributed by atoms with Gasteiger partial charge in [-0.2, -0.15) is 0 Å². The number of carbonyl (C=O) groups excluding carboxylic acids is 1. The van der Waals surface area contributed by atoms with Gasteiger partial charge < -0.3 is 10.2 Å². The average Bonchev–Trinajstić information content (AvgIpc) is 2.97. The molecule has 96 valence electrons. The van der Waals surface area contributed by atoms with Gasteiger partial charge in [-0.15, -0.1) is 0 Å². The molecule has 2 saturated heterocycles. The van der Waals surface area contributed by atoms with E-state index >= 15 is 0 Å². The van der Waals surface area contributed by atoms with Crippen molar-refractivity contribution in [3.63, 3.8) is 0 Å². The van der Waals surface area contributed by atoms with Gasteiger partial charge in [0, 0.05) is 25.4 Å². The maximum Gasteiger partial charge on any atom is 0.252 e. The summed E-state index contributed by atoms with van der Waals surface area (Å²) in [4.78, 5) is 13.8. The Bertz CT molecular complexity index is 328. The number of nitrogens with zero attached hydrogens (tertiary/aromatic N) is 1. The molecule has 1 aliphatic carbocycles. The molecule has 2 aliphatic heterocycles. The van der Waals surface area contributed by atoms with E-state index in [4.69, 9.17) is 0 Å². The van der Waals surface area contributed by atoms with Gasteiger partial charge in [-0.3, -0.25) is 4.79 Å². The van der Waals surface area contributed by atoms with Gasteiger partial charge in [-0.1, -0.05) is 0 Å². The van der Waals surface area contributed by atoms with Crippen LogP contribution in [0.1, 0.15) is 25.7 Å². The van der Waals surface area contributed by atoms with Crippen molar-refractivity contribution >= 4 is 5.91 Å². The summed E-state index contributed by atoms with van der Waals surface area (Å²) >= 11 is 0. The van der Waals surface area contributed by atoms with Crippen molar-refractivity contribution in [2.45, 2.75) is 37.6 Å². The van der Waals surface area contributed by atoms with E-state index in [1.54, 1.807) is 4.90 Å². The molecule has 3 rings (SSSR count). The number of likely N-dealkylation sites (tertiary alicyclic amines) is 1. The summed E-state index contributed by atoms with van der Waals surface area (Å²) in [6.45, 7) is 1.67. The van der Waals surface area contributed by atoms with Crippen molar-refractivity contribution < 1.29 is 13.6 Å². The van der Waals surface area contributed by atoms with E-state index in [0.717, 1.165) is 19.4 Å². The van der Waals surface area contributed by atoms with Gasteiger partial charge in [-0.25, -0.2) is 8.78 Å². The molecule has 1 amide bonds. The maximum absolute atomic E-state index is 13.6. The molecule has 3 atom stereocenters. The number of fused-ring (bicyclic) bond motifs is 1. The zero-order valence-corrected chi connectivity index (χ0v) is 9.79. The van der Waals surface area contributed by atoms with Crippen molar-refractivity contribution in [2.24, 2.45) is 11.8 Å². The minimum absolute atomic E-state index is 0.00599. The predicted octanol–water partition coefficient (Wildman–Crippen LogP) is 1.24. The van der Waals surface area contributed by atoms with Crippen molar-refractivity contribution in [1.29, 1.82) is 0 Å². The Morgan fingerprint density at radius 3 is 2.76 bits per heavy atom. The lowest BCUT2D eigenvalue weighted by Crippen LogP contribution is -2.43. The van der Waals surface area contributed by atoms with Gasteiger partial charge in [0.1, 0.15) is 0 Å². The molecule has 1 saturated carbocycles. The molecule has 0 aromatic carbocycles. The van der Waals surface area contributed by atoms with Gasteiger partial charge in [0.2, 0.25) is 5.91 Å². The van der Waals surface area contributed by atoms with E-state index in [9.17, 15) is 13.6 Å². The Hall–Kier alpha value is -0.710. The van der Waals surface area contributed by atoms with Crippen molar-refractivity contribution in [1.82, 2.24) is 10.2 Å². The first kappa shape index (κ1) is 11.4. The Kier molecular flexibility index (Phi) is 2.61. The SMILES string of the molecule is O=C([C@@H]1CCCN1)N1C[C@@H]2CCC(F)(F)[C@@H]2C1. The highest BCUT2D eigenvalue weighted by Crippen LogP contribution is 2.48. The molecule has 5 heteroatoms. The van der Waals surface area contributed by atoms with Crippen LogP contribution in [0.5, 0.6) is 0 Å². The van der Waals surface area contributed by atoms with E-state index in [0.29, 0.717) is 13.0 Å². The van der Waals surface area contributed by atoms with Gasteiger partial charge in [0.05, 0.1) is 6.04 Å². The molecule has 0 radical (unpaired) electrons.